The fraction of sp³-hybridized carbons (Fsp3) is 0.0476. The molecule has 17 nitrogen and oxygen atoms in total. The highest BCUT2D eigenvalue weighted by molar-refractivity contribution is 6.08. The number of nitrogens with zero attached hydrogens (tertiary/aromatic N) is 1. The number of anilines is 7. The van der Waals surface area contributed by atoms with Crippen LogP contribution in [0.25, 0.3) is 5.73 Å². The van der Waals surface area contributed by atoms with Gasteiger partial charge < -0.3 is 59.2 Å². The molecule has 14 N–H and O–H groups in total. The van der Waals surface area contributed by atoms with Crippen molar-refractivity contribution < 1.29 is 56.2 Å². The predicted molar refractivity (Wildman–Crippen MR) is 226 cm³/mol. The molecule has 1 aromatic heterocycles. The van der Waals surface area contributed by atoms with Crippen LogP contribution in [0.2, 0.25) is 0 Å². The first kappa shape index (κ1) is 48.3. The Balaban J connectivity index is 0.000000230. The first-order valence-corrected chi connectivity index (χ1v) is 17.5. The molecule has 0 saturated carbocycles. The second-order valence-electron chi connectivity index (χ2n) is 12.5. The highest BCUT2D eigenvalue weighted by Gasteiger charge is 2.39. The molecule has 3 amide bonds. The molecule has 0 aliphatic rings. The quantitative estimate of drug-likeness (QED) is 0.0542. The lowest BCUT2D eigenvalue weighted by Gasteiger charge is -2.09. The third-order valence-corrected chi connectivity index (χ3v) is 7.83. The maximum atomic E-state index is 13.5. The van der Waals surface area contributed by atoms with Gasteiger partial charge in [0.2, 0.25) is 0 Å². The average molecular weight is 871 g/mol. The van der Waals surface area contributed by atoms with Gasteiger partial charge in [0.25, 0.3) is 11.8 Å². The zero-order valence-corrected chi connectivity index (χ0v) is 32.6. The van der Waals surface area contributed by atoms with Crippen LogP contribution in [-0.2, 0) is 4.79 Å². The Labute approximate surface area is 354 Å². The molecular formula is C42H36F4N9O8-. The van der Waals surface area contributed by atoms with Gasteiger partial charge in [-0.15, -0.1) is 5.69 Å². The lowest BCUT2D eigenvalue weighted by molar-refractivity contribution is -0.167. The number of nitrogens with two attached hydrogens (primary N) is 4. The van der Waals surface area contributed by atoms with E-state index in [1.54, 1.807) is 35.7 Å². The largest absolute Gasteiger partial charge is 0.699 e. The van der Waals surface area contributed by atoms with Gasteiger partial charge in [-0.1, -0.05) is 23.8 Å². The van der Waals surface area contributed by atoms with Crippen LogP contribution in [0.15, 0.2) is 120 Å². The number of benzene rings is 5. The van der Waals surface area contributed by atoms with Crippen molar-refractivity contribution >= 4 is 75.2 Å². The van der Waals surface area contributed by atoms with Gasteiger partial charge >= 0.3 is 24.0 Å². The number of halogens is 4. The van der Waals surface area contributed by atoms with E-state index in [9.17, 15) is 41.5 Å². The Morgan fingerprint density at radius 3 is 1.60 bits per heavy atom. The van der Waals surface area contributed by atoms with Gasteiger partial charge in [-0.3, -0.25) is 14.4 Å². The van der Waals surface area contributed by atoms with Crippen molar-refractivity contribution in [2.75, 3.05) is 38.9 Å². The molecule has 0 fully saturated rings. The van der Waals surface area contributed by atoms with Crippen LogP contribution in [0.3, 0.4) is 0 Å². The molecule has 63 heavy (non-hydrogen) atoms. The summed E-state index contributed by atoms with van der Waals surface area (Å²) in [5.41, 5.74) is 31.5. The minimum atomic E-state index is -4.99. The van der Waals surface area contributed by atoms with Crippen LogP contribution in [0.4, 0.5) is 63.1 Å². The van der Waals surface area contributed by atoms with E-state index in [-0.39, 0.29) is 56.5 Å². The van der Waals surface area contributed by atoms with Gasteiger partial charge in [0.1, 0.15) is 11.9 Å². The van der Waals surface area contributed by atoms with Crippen LogP contribution in [-0.4, -0.2) is 46.0 Å². The number of amides is 3. The number of nitrogen functional groups attached to an aromatic ring is 4. The van der Waals surface area contributed by atoms with E-state index in [1.165, 1.54) is 79.1 Å². The van der Waals surface area contributed by atoms with Crippen LogP contribution in [0, 0.1) is 24.1 Å². The van der Waals surface area contributed by atoms with Crippen LogP contribution < -0.4 is 38.9 Å². The molecule has 21 heteroatoms. The normalized spacial score (nSPS) is 10.1. The van der Waals surface area contributed by atoms with E-state index in [1.807, 2.05) is 6.92 Å². The minimum absolute atomic E-state index is 0.0555. The molecule has 0 aliphatic carbocycles. The summed E-state index contributed by atoms with van der Waals surface area (Å²) in [4.78, 5) is 56.3. The second-order valence-corrected chi connectivity index (χ2v) is 12.5. The van der Waals surface area contributed by atoms with Gasteiger partial charge in [-0.25, -0.2) is 14.0 Å². The number of hydrogen-bond acceptors (Lipinski definition) is 11. The minimum Gasteiger partial charge on any atom is -0.699 e. The number of rotatable bonds is 7. The summed E-state index contributed by atoms with van der Waals surface area (Å²) < 4.78 is 54.2. The first-order valence-electron chi connectivity index (χ1n) is 17.5. The number of aromatic carboxylic acids is 2. The summed E-state index contributed by atoms with van der Waals surface area (Å²) >= 11 is 0. The van der Waals surface area contributed by atoms with Crippen LogP contribution in [0.1, 0.15) is 52.8 Å². The molecular weight excluding hydrogens is 835 g/mol. The summed E-state index contributed by atoms with van der Waals surface area (Å²) in [5.74, 6) is -6.37. The summed E-state index contributed by atoms with van der Waals surface area (Å²) in [6, 6.07) is 27.2. The van der Waals surface area contributed by atoms with E-state index >= 15 is 0 Å². The summed E-state index contributed by atoms with van der Waals surface area (Å²) in [6.45, 7) is 1.87. The number of alkyl halides is 3. The van der Waals surface area contributed by atoms with Crippen molar-refractivity contribution in [1.29, 1.82) is 5.26 Å². The molecule has 6 aromatic rings. The highest BCUT2D eigenvalue weighted by atomic mass is 19.4. The van der Waals surface area contributed by atoms with E-state index in [2.05, 4.69) is 10.6 Å². The van der Waals surface area contributed by atoms with Gasteiger partial charge in [-0.05, 0) is 97.9 Å². The number of nitriles is 1. The Hall–Kier alpha value is -9.06. The van der Waals surface area contributed by atoms with Crippen molar-refractivity contribution in [3.8, 4) is 6.07 Å². The number of carbonyl (C=O) groups excluding carboxylic acids is 3. The zero-order chi connectivity index (χ0) is 47.0. The van der Waals surface area contributed by atoms with E-state index in [4.69, 9.17) is 48.6 Å². The van der Waals surface area contributed by atoms with Crippen molar-refractivity contribution in [2.45, 2.75) is 13.1 Å². The first-order chi connectivity index (χ1) is 29.6. The molecule has 0 aliphatic heterocycles. The highest BCUT2D eigenvalue weighted by Crippen LogP contribution is 2.24. The van der Waals surface area contributed by atoms with E-state index in [0.29, 0.717) is 11.4 Å². The SMILES string of the molecule is Cc1cc(N)ccc1[NH-].N#Cc1cc(N)ccc1NC(=O)C(F)(F)F.Nc1ccc(NC(=O)c2ccccc2F)c(C(=O)O)c1.Nc1ccc(NC(=O)c2ccco2)c(C(=O)O)c1. The number of hydrogen-bond donors (Lipinski definition) is 9. The summed E-state index contributed by atoms with van der Waals surface area (Å²) in [7, 11) is 0. The molecule has 0 radical (unpaired) electrons. The van der Waals surface area contributed by atoms with Gasteiger partial charge in [0.15, 0.2) is 5.76 Å². The van der Waals surface area contributed by atoms with Gasteiger partial charge in [0, 0.05) is 22.7 Å². The van der Waals surface area contributed by atoms with Crippen LogP contribution in [0.5, 0.6) is 0 Å². The fourth-order valence-corrected chi connectivity index (χ4v) is 4.77. The average Bonchev–Trinajstić information content (AvgIpc) is 3.77. The smallest absolute Gasteiger partial charge is 0.471 e. The predicted octanol–water partition coefficient (Wildman–Crippen LogP) is 8.07. The summed E-state index contributed by atoms with van der Waals surface area (Å²) in [5, 5.41) is 33.1. The number of carbonyl (C=O) groups is 5. The monoisotopic (exact) mass is 870 g/mol. The van der Waals surface area contributed by atoms with Crippen molar-refractivity contribution in [1.82, 2.24) is 0 Å². The van der Waals surface area contributed by atoms with Crippen molar-refractivity contribution in [3.05, 3.63) is 161 Å². The van der Waals surface area contributed by atoms with Crippen molar-refractivity contribution in [2.24, 2.45) is 0 Å². The Kier molecular flexibility index (Phi) is 16.7. The van der Waals surface area contributed by atoms with Crippen molar-refractivity contribution in [3.63, 3.8) is 0 Å². The molecule has 1 heterocycles. The molecule has 0 unspecified atom stereocenters. The topological polar surface area (TPSA) is 327 Å². The number of carboxylic acids is 2. The molecule has 0 spiro atoms. The molecule has 6 rings (SSSR count). The van der Waals surface area contributed by atoms with Gasteiger partial charge in [-0.2, -0.15) is 18.4 Å². The lowest BCUT2D eigenvalue weighted by Crippen LogP contribution is -2.30. The maximum Gasteiger partial charge on any atom is 0.471 e. The second kappa shape index (κ2) is 21.8. The number of nitrogens with one attached hydrogen (secondary N) is 4. The van der Waals surface area contributed by atoms with E-state index in [0.717, 1.165) is 23.4 Å². The van der Waals surface area contributed by atoms with E-state index < -0.39 is 41.7 Å². The third kappa shape index (κ3) is 14.6. The fourth-order valence-electron chi connectivity index (χ4n) is 4.77. The Bertz CT molecular complexity index is 2670. The number of carboxylic acid groups (broad SMARTS) is 2. The lowest BCUT2D eigenvalue weighted by atomic mass is 10.1. The summed E-state index contributed by atoms with van der Waals surface area (Å²) in [6.07, 6.45) is -3.63. The zero-order valence-electron chi connectivity index (χ0n) is 32.6. The van der Waals surface area contributed by atoms with Crippen LogP contribution >= 0.6 is 0 Å². The molecule has 0 bridgehead atoms. The molecule has 0 saturated heterocycles. The third-order valence-electron chi connectivity index (χ3n) is 7.83. The van der Waals surface area contributed by atoms with Gasteiger partial charge in [0.05, 0.1) is 45.6 Å². The maximum absolute atomic E-state index is 13.5. The molecule has 5 aromatic carbocycles. The number of furan rings is 1. The Morgan fingerprint density at radius 2 is 1.14 bits per heavy atom. The standard InChI is InChI=1S/C14H11FN2O3.C12H10N2O4.C9H6F3N3O.C7H9N2/c15-11-4-2-1-3-9(11)13(18)17-12-6-5-8(16)7-10(12)14(19)20;13-7-3-4-9(8(6-7)12(16)17)14-11(15)10-2-1-5-18-10;10-9(11,12)8(16)15-7-2-1-6(14)3-5(7)4-13;1-5-4-6(8)2-3-7(5)9/h1-7H,16H2,(H,17,18)(H,19,20);1-6H,13H2,(H,14,15)(H,16,17);1-3H,14H2,(H,15,16);2-4,9H,8H2,1H3/q;;;-1. The molecule has 326 valence electrons. The number of aryl methyl sites for hydroxylation is 1. The molecule has 0 atom stereocenters. The Morgan fingerprint density at radius 1 is 0.651 bits per heavy atom.